The molecule has 1 N–H and O–H groups in total. The maximum atomic E-state index is 13.1. The molecule has 0 amide bonds. The second-order valence-corrected chi connectivity index (χ2v) is 5.44. The summed E-state index contributed by atoms with van der Waals surface area (Å²) in [7, 11) is 1.93. The average molecular weight is 285 g/mol. The maximum absolute atomic E-state index is 13.1. The highest BCUT2D eigenvalue weighted by molar-refractivity contribution is 5.31. The molecule has 1 heterocycles. The normalized spacial score (nSPS) is 19.0. The lowest BCUT2D eigenvalue weighted by atomic mass is 9.91. The van der Waals surface area contributed by atoms with Gasteiger partial charge in [-0.3, -0.25) is 0 Å². The third kappa shape index (κ3) is 3.14. The first-order valence-corrected chi connectivity index (χ1v) is 7.40. The molecule has 2 atom stereocenters. The lowest BCUT2D eigenvalue weighted by molar-refractivity contribution is 0.0298. The molecule has 0 radical (unpaired) electrons. The van der Waals surface area contributed by atoms with Gasteiger partial charge in [-0.1, -0.05) is 36.4 Å². The molecule has 0 aromatic heterocycles. The molecule has 3 rings (SSSR count). The zero-order chi connectivity index (χ0) is 14.7. The standard InChI is InChI=1S/C18H20FNO/c1-20-17(14-6-8-15(19)9-7-14)12-18-16-5-3-2-4-13(16)10-11-21-18/h2-9,17-18,20H,10-12H2,1H3. The second-order valence-electron chi connectivity index (χ2n) is 5.44. The Labute approximate surface area is 125 Å². The molecule has 2 unspecified atom stereocenters. The molecule has 0 fully saturated rings. The number of fused-ring (bicyclic) bond motifs is 1. The summed E-state index contributed by atoms with van der Waals surface area (Å²) in [6.07, 6.45) is 1.92. The first-order valence-electron chi connectivity index (χ1n) is 7.40. The third-order valence-corrected chi connectivity index (χ3v) is 4.16. The summed E-state index contributed by atoms with van der Waals surface area (Å²) in [4.78, 5) is 0. The van der Waals surface area contributed by atoms with Crippen molar-refractivity contribution in [3.05, 3.63) is 71.0 Å². The average Bonchev–Trinajstić information content (AvgIpc) is 2.54. The van der Waals surface area contributed by atoms with Crippen molar-refractivity contribution >= 4 is 0 Å². The van der Waals surface area contributed by atoms with E-state index in [1.165, 1.54) is 23.3 Å². The van der Waals surface area contributed by atoms with Crippen LogP contribution in [0, 0.1) is 5.82 Å². The van der Waals surface area contributed by atoms with Crippen molar-refractivity contribution in [1.82, 2.24) is 5.32 Å². The number of hydrogen-bond donors (Lipinski definition) is 1. The fraction of sp³-hybridized carbons (Fsp3) is 0.333. The van der Waals surface area contributed by atoms with E-state index in [1.807, 2.05) is 19.2 Å². The van der Waals surface area contributed by atoms with Crippen LogP contribution in [0.4, 0.5) is 4.39 Å². The topological polar surface area (TPSA) is 21.3 Å². The Morgan fingerprint density at radius 3 is 2.71 bits per heavy atom. The van der Waals surface area contributed by atoms with Crippen molar-refractivity contribution in [2.45, 2.75) is 25.0 Å². The fourth-order valence-corrected chi connectivity index (χ4v) is 3.00. The van der Waals surface area contributed by atoms with Crippen LogP contribution in [0.25, 0.3) is 0 Å². The lowest BCUT2D eigenvalue weighted by Gasteiger charge is -2.29. The quantitative estimate of drug-likeness (QED) is 0.923. The van der Waals surface area contributed by atoms with E-state index < -0.39 is 0 Å². The van der Waals surface area contributed by atoms with Gasteiger partial charge in [-0.25, -0.2) is 4.39 Å². The molecule has 1 aliphatic rings. The van der Waals surface area contributed by atoms with E-state index in [1.54, 1.807) is 0 Å². The zero-order valence-electron chi connectivity index (χ0n) is 12.2. The summed E-state index contributed by atoms with van der Waals surface area (Å²) < 4.78 is 19.0. The monoisotopic (exact) mass is 285 g/mol. The van der Waals surface area contributed by atoms with Gasteiger partial charge in [0, 0.05) is 6.04 Å². The molecule has 0 aliphatic carbocycles. The minimum absolute atomic E-state index is 0.0949. The van der Waals surface area contributed by atoms with Crippen LogP contribution in [-0.4, -0.2) is 13.7 Å². The van der Waals surface area contributed by atoms with Gasteiger partial charge in [-0.15, -0.1) is 0 Å². The van der Waals surface area contributed by atoms with Gasteiger partial charge in [0.05, 0.1) is 12.7 Å². The van der Waals surface area contributed by atoms with Crippen molar-refractivity contribution < 1.29 is 9.13 Å². The van der Waals surface area contributed by atoms with E-state index in [-0.39, 0.29) is 18.0 Å². The van der Waals surface area contributed by atoms with Gasteiger partial charge in [0.2, 0.25) is 0 Å². The first-order chi connectivity index (χ1) is 10.3. The van der Waals surface area contributed by atoms with Crippen LogP contribution in [0.3, 0.4) is 0 Å². The summed E-state index contributed by atoms with van der Waals surface area (Å²) in [6.45, 7) is 0.765. The number of nitrogens with one attached hydrogen (secondary N) is 1. The van der Waals surface area contributed by atoms with Gasteiger partial charge in [-0.2, -0.15) is 0 Å². The summed E-state index contributed by atoms with van der Waals surface area (Å²) in [5.74, 6) is -0.201. The van der Waals surface area contributed by atoms with E-state index in [0.717, 1.165) is 25.0 Å². The van der Waals surface area contributed by atoms with Crippen molar-refractivity contribution in [3.8, 4) is 0 Å². The number of rotatable bonds is 4. The van der Waals surface area contributed by atoms with Gasteiger partial charge in [-0.05, 0) is 48.7 Å². The number of ether oxygens (including phenoxy) is 1. The van der Waals surface area contributed by atoms with E-state index in [4.69, 9.17) is 4.74 Å². The summed E-state index contributed by atoms with van der Waals surface area (Å²) >= 11 is 0. The Bertz CT molecular complexity index is 596. The summed E-state index contributed by atoms with van der Waals surface area (Å²) in [6, 6.07) is 15.3. The summed E-state index contributed by atoms with van der Waals surface area (Å²) in [5.41, 5.74) is 3.75. The van der Waals surface area contributed by atoms with E-state index in [0.29, 0.717) is 0 Å². The fourth-order valence-electron chi connectivity index (χ4n) is 3.00. The molecule has 2 aromatic carbocycles. The molecular weight excluding hydrogens is 265 g/mol. The summed E-state index contributed by atoms with van der Waals surface area (Å²) in [5, 5.41) is 3.31. The van der Waals surface area contributed by atoms with E-state index >= 15 is 0 Å². The Morgan fingerprint density at radius 1 is 1.19 bits per heavy atom. The smallest absolute Gasteiger partial charge is 0.123 e. The molecule has 21 heavy (non-hydrogen) atoms. The zero-order valence-corrected chi connectivity index (χ0v) is 12.2. The van der Waals surface area contributed by atoms with E-state index in [2.05, 4.69) is 29.6 Å². The maximum Gasteiger partial charge on any atom is 0.123 e. The van der Waals surface area contributed by atoms with E-state index in [9.17, 15) is 4.39 Å². The number of benzene rings is 2. The van der Waals surface area contributed by atoms with Crippen LogP contribution in [0.15, 0.2) is 48.5 Å². The molecule has 2 aromatic rings. The highest BCUT2D eigenvalue weighted by Crippen LogP contribution is 2.34. The van der Waals surface area contributed by atoms with Crippen molar-refractivity contribution in [1.29, 1.82) is 0 Å². The van der Waals surface area contributed by atoms with Gasteiger partial charge < -0.3 is 10.1 Å². The van der Waals surface area contributed by atoms with Gasteiger partial charge in [0.15, 0.2) is 0 Å². The molecule has 1 aliphatic heterocycles. The second kappa shape index (κ2) is 6.37. The van der Waals surface area contributed by atoms with Gasteiger partial charge in [0.1, 0.15) is 5.82 Å². The minimum Gasteiger partial charge on any atom is -0.373 e. The Kier molecular flexibility index (Phi) is 4.32. The molecule has 0 bridgehead atoms. The van der Waals surface area contributed by atoms with Crippen LogP contribution < -0.4 is 5.32 Å². The highest BCUT2D eigenvalue weighted by atomic mass is 19.1. The van der Waals surface area contributed by atoms with Crippen LogP contribution >= 0.6 is 0 Å². The Morgan fingerprint density at radius 2 is 1.95 bits per heavy atom. The molecule has 0 saturated carbocycles. The predicted molar refractivity (Wildman–Crippen MR) is 81.7 cm³/mol. The molecule has 0 saturated heterocycles. The SMILES string of the molecule is CNC(CC1OCCc2ccccc21)c1ccc(F)cc1. The Hall–Kier alpha value is -1.71. The van der Waals surface area contributed by atoms with Gasteiger partial charge in [0.25, 0.3) is 0 Å². The number of halogens is 1. The van der Waals surface area contributed by atoms with Crippen molar-refractivity contribution in [2.24, 2.45) is 0 Å². The van der Waals surface area contributed by atoms with Gasteiger partial charge >= 0.3 is 0 Å². The number of hydrogen-bond acceptors (Lipinski definition) is 2. The first kappa shape index (κ1) is 14.2. The third-order valence-electron chi connectivity index (χ3n) is 4.16. The molecular formula is C18H20FNO. The molecule has 3 heteroatoms. The molecule has 0 spiro atoms. The van der Waals surface area contributed by atoms with Crippen molar-refractivity contribution in [3.63, 3.8) is 0 Å². The molecule has 110 valence electrons. The van der Waals surface area contributed by atoms with Crippen molar-refractivity contribution in [2.75, 3.05) is 13.7 Å². The van der Waals surface area contributed by atoms with Crippen LogP contribution in [-0.2, 0) is 11.2 Å². The van der Waals surface area contributed by atoms with Crippen LogP contribution in [0.2, 0.25) is 0 Å². The molecule has 2 nitrogen and oxygen atoms in total. The Balaban J connectivity index is 1.80. The van der Waals surface area contributed by atoms with Crippen LogP contribution in [0.5, 0.6) is 0 Å². The predicted octanol–water partition coefficient (Wildman–Crippen LogP) is 3.79. The van der Waals surface area contributed by atoms with Crippen LogP contribution in [0.1, 0.15) is 35.3 Å². The largest absolute Gasteiger partial charge is 0.373 e. The highest BCUT2D eigenvalue weighted by Gasteiger charge is 2.24. The lowest BCUT2D eigenvalue weighted by Crippen LogP contribution is -2.23. The minimum atomic E-state index is -0.201.